The Bertz CT molecular complexity index is 513. The summed E-state index contributed by atoms with van der Waals surface area (Å²) in [6.45, 7) is 7.85. The molecule has 6 heteroatoms. The highest BCUT2D eigenvalue weighted by Gasteiger charge is 2.30. The third kappa shape index (κ3) is 3.85. The van der Waals surface area contributed by atoms with Gasteiger partial charge in [0.05, 0.1) is 5.69 Å². The Morgan fingerprint density at radius 2 is 2.20 bits per heavy atom. The summed E-state index contributed by atoms with van der Waals surface area (Å²) in [6.07, 6.45) is 1.38. The van der Waals surface area contributed by atoms with Crippen LogP contribution < -0.4 is 0 Å². The molecule has 1 aliphatic heterocycles. The molecule has 0 bridgehead atoms. The average molecular weight is 295 g/mol. The molecule has 0 aliphatic carbocycles. The molecule has 110 valence electrons. The summed E-state index contributed by atoms with van der Waals surface area (Å²) in [6, 6.07) is 2.06. The van der Waals surface area contributed by atoms with Gasteiger partial charge >= 0.3 is 0 Å². The number of aryl methyl sites for hydroxylation is 3. The molecule has 1 unspecified atom stereocenters. The first-order valence-corrected chi connectivity index (χ1v) is 7.79. The predicted molar refractivity (Wildman–Crippen MR) is 79.6 cm³/mol. The van der Waals surface area contributed by atoms with Crippen molar-refractivity contribution in [1.82, 2.24) is 14.7 Å². The van der Waals surface area contributed by atoms with Crippen LogP contribution in [0.2, 0.25) is 0 Å². The van der Waals surface area contributed by atoms with Crippen LogP contribution in [0.25, 0.3) is 0 Å². The Morgan fingerprint density at radius 1 is 1.45 bits per heavy atom. The third-order valence-corrected chi connectivity index (χ3v) is 4.39. The van der Waals surface area contributed by atoms with Crippen molar-refractivity contribution in [2.45, 2.75) is 45.4 Å². The Hall–Kier alpha value is -1.30. The van der Waals surface area contributed by atoms with Crippen LogP contribution in [0.5, 0.6) is 0 Å². The van der Waals surface area contributed by atoms with E-state index < -0.39 is 0 Å². The van der Waals surface area contributed by atoms with Crippen LogP contribution in [0.3, 0.4) is 0 Å². The molecule has 0 N–H and O–H groups in total. The quantitative estimate of drug-likeness (QED) is 0.831. The molecule has 1 amide bonds. The fraction of sp³-hybridized carbons (Fsp3) is 0.643. The monoisotopic (exact) mass is 295 g/mol. The standard InChI is InChI=1S/C14H21N3O2S/c1-10-7-11(2)17(15-10)6-4-5-16-9-13(8-14(16)19)20-12(3)18/h7,13H,4-6,8-9H2,1-3H3. The summed E-state index contributed by atoms with van der Waals surface area (Å²) < 4.78 is 1.98. The molecule has 1 aromatic heterocycles. The van der Waals surface area contributed by atoms with E-state index in [2.05, 4.69) is 11.2 Å². The second-order valence-electron chi connectivity index (χ2n) is 5.28. The summed E-state index contributed by atoms with van der Waals surface area (Å²) in [4.78, 5) is 24.8. The zero-order valence-corrected chi connectivity index (χ0v) is 13.1. The Kier molecular flexibility index (Phi) is 4.86. The number of hydrogen-bond acceptors (Lipinski definition) is 4. The minimum absolute atomic E-state index is 0.0901. The van der Waals surface area contributed by atoms with Gasteiger partial charge in [-0.2, -0.15) is 5.10 Å². The first kappa shape index (κ1) is 15.1. The van der Waals surface area contributed by atoms with E-state index in [9.17, 15) is 9.59 Å². The number of carbonyl (C=O) groups is 2. The van der Waals surface area contributed by atoms with Crippen LogP contribution in [-0.4, -0.2) is 44.0 Å². The summed E-state index contributed by atoms with van der Waals surface area (Å²) in [5.41, 5.74) is 2.18. The minimum atomic E-state index is 0.0901. The van der Waals surface area contributed by atoms with Gasteiger partial charge in [-0.05, 0) is 26.3 Å². The predicted octanol–water partition coefficient (Wildman–Crippen LogP) is 1.77. The first-order valence-electron chi connectivity index (χ1n) is 6.91. The second kappa shape index (κ2) is 6.43. The fourth-order valence-electron chi connectivity index (χ4n) is 2.58. The van der Waals surface area contributed by atoms with Gasteiger partial charge in [0.15, 0.2) is 5.12 Å². The van der Waals surface area contributed by atoms with Crippen LogP contribution in [0.1, 0.15) is 31.2 Å². The number of rotatable bonds is 5. The molecular formula is C14H21N3O2S. The van der Waals surface area contributed by atoms with Gasteiger partial charge in [-0.3, -0.25) is 14.3 Å². The lowest BCUT2D eigenvalue weighted by atomic mass is 10.3. The molecule has 2 heterocycles. The molecule has 1 saturated heterocycles. The molecule has 5 nitrogen and oxygen atoms in total. The smallest absolute Gasteiger partial charge is 0.223 e. The summed E-state index contributed by atoms with van der Waals surface area (Å²) in [5.74, 6) is 0.164. The van der Waals surface area contributed by atoms with E-state index in [0.29, 0.717) is 13.0 Å². The van der Waals surface area contributed by atoms with E-state index >= 15 is 0 Å². The minimum Gasteiger partial charge on any atom is -0.341 e. The Balaban J connectivity index is 1.78. The molecule has 0 saturated carbocycles. The van der Waals surface area contributed by atoms with Gasteiger partial charge in [0.1, 0.15) is 0 Å². The van der Waals surface area contributed by atoms with E-state index in [4.69, 9.17) is 0 Å². The highest BCUT2D eigenvalue weighted by Crippen LogP contribution is 2.24. The Morgan fingerprint density at radius 3 is 2.80 bits per heavy atom. The summed E-state index contributed by atoms with van der Waals surface area (Å²) in [5, 5.41) is 4.64. The van der Waals surface area contributed by atoms with Crippen molar-refractivity contribution in [2.24, 2.45) is 0 Å². The van der Waals surface area contributed by atoms with E-state index in [1.54, 1.807) is 6.92 Å². The molecule has 1 fully saturated rings. The van der Waals surface area contributed by atoms with Crippen molar-refractivity contribution in [3.63, 3.8) is 0 Å². The Labute approximate surface area is 123 Å². The van der Waals surface area contributed by atoms with Crippen molar-refractivity contribution in [3.05, 3.63) is 17.5 Å². The van der Waals surface area contributed by atoms with Gasteiger partial charge < -0.3 is 4.90 Å². The molecule has 20 heavy (non-hydrogen) atoms. The van der Waals surface area contributed by atoms with Crippen LogP contribution in [0.15, 0.2) is 6.07 Å². The highest BCUT2D eigenvalue weighted by atomic mass is 32.2. The lowest BCUT2D eigenvalue weighted by Crippen LogP contribution is -2.27. The van der Waals surface area contributed by atoms with Gasteiger partial charge in [-0.1, -0.05) is 11.8 Å². The van der Waals surface area contributed by atoms with Crippen LogP contribution in [0, 0.1) is 13.8 Å². The average Bonchev–Trinajstić information content (AvgIpc) is 2.82. The van der Waals surface area contributed by atoms with Crippen molar-refractivity contribution < 1.29 is 9.59 Å². The van der Waals surface area contributed by atoms with E-state index in [1.807, 2.05) is 23.4 Å². The van der Waals surface area contributed by atoms with Crippen LogP contribution in [-0.2, 0) is 16.1 Å². The second-order valence-corrected chi connectivity index (χ2v) is 6.76. The molecule has 1 aliphatic rings. The van der Waals surface area contributed by atoms with Gasteiger partial charge in [0.25, 0.3) is 0 Å². The number of hydrogen-bond donors (Lipinski definition) is 0. The zero-order valence-electron chi connectivity index (χ0n) is 12.3. The molecular weight excluding hydrogens is 274 g/mol. The first-order chi connectivity index (χ1) is 9.45. The number of amides is 1. The highest BCUT2D eigenvalue weighted by molar-refractivity contribution is 8.14. The third-order valence-electron chi connectivity index (χ3n) is 3.41. The van der Waals surface area contributed by atoms with Gasteiger partial charge in [-0.25, -0.2) is 0 Å². The number of thioether (sulfide) groups is 1. The maximum absolute atomic E-state index is 11.9. The number of likely N-dealkylation sites (tertiary alicyclic amines) is 1. The molecule has 2 rings (SSSR count). The number of aromatic nitrogens is 2. The van der Waals surface area contributed by atoms with E-state index in [-0.39, 0.29) is 16.3 Å². The summed E-state index contributed by atoms with van der Waals surface area (Å²) in [7, 11) is 0. The SMILES string of the molecule is CC(=O)SC1CC(=O)N(CCCn2nc(C)cc2C)C1. The molecule has 1 aromatic rings. The molecule has 0 radical (unpaired) electrons. The van der Waals surface area contributed by atoms with Crippen LogP contribution >= 0.6 is 11.8 Å². The number of nitrogens with zero attached hydrogens (tertiary/aromatic N) is 3. The topological polar surface area (TPSA) is 55.2 Å². The molecule has 1 atom stereocenters. The molecule has 0 aromatic carbocycles. The largest absolute Gasteiger partial charge is 0.341 e. The fourth-order valence-corrected chi connectivity index (χ4v) is 3.53. The van der Waals surface area contributed by atoms with Gasteiger partial charge in [0, 0.05) is 43.9 Å². The van der Waals surface area contributed by atoms with E-state index in [0.717, 1.165) is 30.9 Å². The maximum Gasteiger partial charge on any atom is 0.223 e. The number of carbonyl (C=O) groups excluding carboxylic acids is 2. The van der Waals surface area contributed by atoms with Gasteiger partial charge in [0.2, 0.25) is 5.91 Å². The zero-order chi connectivity index (χ0) is 14.7. The van der Waals surface area contributed by atoms with Crippen LogP contribution in [0.4, 0.5) is 0 Å². The van der Waals surface area contributed by atoms with Crippen molar-refractivity contribution in [1.29, 1.82) is 0 Å². The van der Waals surface area contributed by atoms with Gasteiger partial charge in [-0.15, -0.1) is 0 Å². The maximum atomic E-state index is 11.9. The van der Waals surface area contributed by atoms with Crippen molar-refractivity contribution >= 4 is 22.8 Å². The molecule has 0 spiro atoms. The van der Waals surface area contributed by atoms with Crippen molar-refractivity contribution in [2.75, 3.05) is 13.1 Å². The lowest BCUT2D eigenvalue weighted by Gasteiger charge is -2.16. The van der Waals surface area contributed by atoms with Crippen molar-refractivity contribution in [3.8, 4) is 0 Å². The normalized spacial score (nSPS) is 18.9. The summed E-state index contributed by atoms with van der Waals surface area (Å²) >= 11 is 1.29. The lowest BCUT2D eigenvalue weighted by molar-refractivity contribution is -0.127. The van der Waals surface area contributed by atoms with E-state index in [1.165, 1.54) is 11.8 Å².